The molecule has 0 aromatic carbocycles. The van der Waals surface area contributed by atoms with Gasteiger partial charge in [-0.1, -0.05) is 0 Å². The molecule has 2 aliphatic heterocycles. The fourth-order valence-corrected chi connectivity index (χ4v) is 3.29. The lowest BCUT2D eigenvalue weighted by molar-refractivity contribution is -0.142. The van der Waals surface area contributed by atoms with Crippen LogP contribution >= 0.6 is 0 Å². The van der Waals surface area contributed by atoms with Crippen LogP contribution in [0.25, 0.3) is 0 Å². The second-order valence-corrected chi connectivity index (χ2v) is 6.06. The molecule has 2 saturated heterocycles. The third-order valence-electron chi connectivity index (χ3n) is 4.60. The Balaban J connectivity index is 1.72. The van der Waals surface area contributed by atoms with Crippen molar-refractivity contribution >= 4 is 11.9 Å². The van der Waals surface area contributed by atoms with E-state index < -0.39 is 11.9 Å². The summed E-state index contributed by atoms with van der Waals surface area (Å²) in [7, 11) is 0. The van der Waals surface area contributed by atoms with Gasteiger partial charge in [-0.25, -0.2) is 4.98 Å². The van der Waals surface area contributed by atoms with Crippen molar-refractivity contribution in [2.24, 2.45) is 5.92 Å². The van der Waals surface area contributed by atoms with Gasteiger partial charge >= 0.3 is 5.97 Å². The van der Waals surface area contributed by atoms with Crippen LogP contribution in [0.3, 0.4) is 0 Å². The number of hydrogen-bond donors (Lipinski definition) is 2. The maximum Gasteiger partial charge on any atom is 0.309 e. The molecule has 1 atom stereocenters. The van der Waals surface area contributed by atoms with Gasteiger partial charge in [0.05, 0.1) is 5.92 Å². The lowest BCUT2D eigenvalue weighted by Crippen LogP contribution is -2.43. The highest BCUT2D eigenvalue weighted by Gasteiger charge is 2.34. The third-order valence-corrected chi connectivity index (χ3v) is 4.60. The molecule has 126 valence electrons. The van der Waals surface area contributed by atoms with E-state index in [2.05, 4.69) is 14.9 Å². The molecule has 3 rings (SSSR count). The van der Waals surface area contributed by atoms with E-state index in [0.29, 0.717) is 38.9 Å². The Kier molecular flexibility index (Phi) is 4.92. The molecule has 8 heteroatoms. The third kappa shape index (κ3) is 3.70. The number of rotatable bonds is 3. The fraction of sp³-hybridized carbons (Fsp3) is 0.667. The quantitative estimate of drug-likeness (QED) is 0.816. The summed E-state index contributed by atoms with van der Waals surface area (Å²) < 4.78 is 5.38. The van der Waals surface area contributed by atoms with Crippen LogP contribution in [0.4, 0.5) is 0 Å². The van der Waals surface area contributed by atoms with Crippen LogP contribution in [-0.2, 0) is 9.53 Å². The zero-order chi connectivity index (χ0) is 16.2. The monoisotopic (exact) mass is 322 g/mol. The minimum Gasteiger partial charge on any atom is -0.481 e. The highest BCUT2D eigenvalue weighted by atomic mass is 16.5. The van der Waals surface area contributed by atoms with Crippen LogP contribution in [0.1, 0.15) is 23.5 Å². The Bertz CT molecular complexity index is 542. The first-order valence-corrected chi connectivity index (χ1v) is 7.98. The first-order valence-electron chi connectivity index (χ1n) is 7.98. The number of carbonyl (C=O) groups is 2. The molecule has 3 heterocycles. The molecular weight excluding hydrogens is 300 g/mol. The van der Waals surface area contributed by atoms with E-state index in [1.807, 2.05) is 0 Å². The molecule has 0 spiro atoms. The van der Waals surface area contributed by atoms with E-state index in [1.54, 1.807) is 11.1 Å². The van der Waals surface area contributed by atoms with Gasteiger partial charge in [0, 0.05) is 57.8 Å². The number of ether oxygens (including phenoxy) is 1. The number of aromatic amines is 1. The predicted octanol–water partition coefficient (Wildman–Crippen LogP) is 0.0473. The van der Waals surface area contributed by atoms with E-state index in [4.69, 9.17) is 4.74 Å². The number of carboxylic acid groups (broad SMARTS) is 1. The van der Waals surface area contributed by atoms with Crippen molar-refractivity contribution in [3.63, 3.8) is 0 Å². The average Bonchev–Trinajstić information content (AvgIpc) is 3.00. The Hall–Kier alpha value is -1.93. The van der Waals surface area contributed by atoms with Crippen molar-refractivity contribution in [1.82, 2.24) is 19.8 Å². The van der Waals surface area contributed by atoms with E-state index in [0.717, 1.165) is 12.8 Å². The highest BCUT2D eigenvalue weighted by Crippen LogP contribution is 2.20. The number of hydrogen-bond acceptors (Lipinski definition) is 5. The van der Waals surface area contributed by atoms with Gasteiger partial charge in [0.2, 0.25) is 0 Å². The number of aromatic nitrogens is 2. The van der Waals surface area contributed by atoms with Gasteiger partial charge in [0.15, 0.2) is 5.82 Å². The van der Waals surface area contributed by atoms with Crippen LogP contribution in [0, 0.1) is 5.92 Å². The first kappa shape index (κ1) is 15.9. The molecule has 0 bridgehead atoms. The second-order valence-electron chi connectivity index (χ2n) is 6.06. The Morgan fingerprint density at radius 1 is 1.26 bits per heavy atom. The summed E-state index contributed by atoms with van der Waals surface area (Å²) in [5.41, 5.74) is 0. The molecule has 0 radical (unpaired) electrons. The second kappa shape index (κ2) is 7.10. The maximum atomic E-state index is 12.5. The van der Waals surface area contributed by atoms with Gasteiger partial charge in [-0.15, -0.1) is 0 Å². The van der Waals surface area contributed by atoms with Crippen molar-refractivity contribution in [2.45, 2.75) is 18.9 Å². The topological polar surface area (TPSA) is 98.8 Å². The van der Waals surface area contributed by atoms with Crippen molar-refractivity contribution < 1.29 is 19.4 Å². The van der Waals surface area contributed by atoms with Gasteiger partial charge in [-0.05, 0) is 12.8 Å². The van der Waals surface area contributed by atoms with E-state index >= 15 is 0 Å². The van der Waals surface area contributed by atoms with Gasteiger partial charge in [0.25, 0.3) is 5.91 Å². The summed E-state index contributed by atoms with van der Waals surface area (Å²) in [5, 5.41) is 9.50. The molecule has 0 saturated carbocycles. The van der Waals surface area contributed by atoms with Gasteiger partial charge < -0.3 is 19.7 Å². The van der Waals surface area contributed by atoms with Gasteiger partial charge in [-0.2, -0.15) is 0 Å². The lowest BCUT2D eigenvalue weighted by Gasteiger charge is -2.34. The molecule has 2 fully saturated rings. The number of aliphatic carboxylic acids is 1. The molecule has 0 aliphatic carbocycles. The summed E-state index contributed by atoms with van der Waals surface area (Å²) >= 11 is 0. The number of H-pyrrole nitrogens is 1. The van der Waals surface area contributed by atoms with Crippen molar-refractivity contribution in [1.29, 1.82) is 0 Å². The fourth-order valence-electron chi connectivity index (χ4n) is 3.29. The summed E-state index contributed by atoms with van der Waals surface area (Å²) in [5.74, 6) is -1.43. The van der Waals surface area contributed by atoms with E-state index in [1.165, 1.54) is 6.20 Å². The SMILES string of the molecule is O=C(O)[C@@H]1CN(C(=O)c2ncc[nH]2)CCN(C2CCOCC2)C1. The minimum atomic E-state index is -0.860. The Morgan fingerprint density at radius 3 is 2.70 bits per heavy atom. The number of carboxylic acids is 1. The molecule has 23 heavy (non-hydrogen) atoms. The zero-order valence-electron chi connectivity index (χ0n) is 13.0. The molecule has 1 aromatic rings. The Morgan fingerprint density at radius 2 is 2.04 bits per heavy atom. The van der Waals surface area contributed by atoms with Gasteiger partial charge in [0.1, 0.15) is 0 Å². The number of amides is 1. The summed E-state index contributed by atoms with van der Waals surface area (Å²) in [6.07, 6.45) is 4.94. The molecule has 2 N–H and O–H groups in total. The number of nitrogens with zero attached hydrogens (tertiary/aromatic N) is 3. The number of nitrogens with one attached hydrogen (secondary N) is 1. The maximum absolute atomic E-state index is 12.5. The normalized spacial score (nSPS) is 24.3. The van der Waals surface area contributed by atoms with Crippen LogP contribution in [0.2, 0.25) is 0 Å². The standard InChI is InChI=1S/C15H22N4O4/c20-14(13-16-3-4-17-13)19-6-5-18(9-11(10-19)15(21)22)12-1-7-23-8-2-12/h3-4,11-12H,1-2,5-10H2,(H,16,17)(H,21,22)/t11-/m0/s1. The van der Waals surface area contributed by atoms with E-state index in [9.17, 15) is 14.7 Å². The highest BCUT2D eigenvalue weighted by molar-refractivity contribution is 5.90. The predicted molar refractivity (Wildman–Crippen MR) is 81.0 cm³/mol. The molecule has 8 nitrogen and oxygen atoms in total. The largest absolute Gasteiger partial charge is 0.481 e. The van der Waals surface area contributed by atoms with Crippen LogP contribution in [0.5, 0.6) is 0 Å². The summed E-state index contributed by atoms with van der Waals surface area (Å²) in [6, 6.07) is 0.337. The molecule has 1 aromatic heterocycles. The molecule has 2 aliphatic rings. The van der Waals surface area contributed by atoms with E-state index in [-0.39, 0.29) is 18.3 Å². The smallest absolute Gasteiger partial charge is 0.309 e. The number of imidazole rings is 1. The first-order chi connectivity index (χ1) is 11.1. The van der Waals surface area contributed by atoms with Crippen LogP contribution < -0.4 is 0 Å². The van der Waals surface area contributed by atoms with Crippen molar-refractivity contribution in [3.05, 3.63) is 18.2 Å². The molecule has 0 unspecified atom stereocenters. The number of carbonyl (C=O) groups excluding carboxylic acids is 1. The van der Waals surface area contributed by atoms with Crippen LogP contribution in [-0.4, -0.2) is 82.2 Å². The molecule has 1 amide bonds. The summed E-state index contributed by atoms with van der Waals surface area (Å²) in [4.78, 5) is 34.6. The van der Waals surface area contributed by atoms with Crippen LogP contribution in [0.15, 0.2) is 12.4 Å². The van der Waals surface area contributed by atoms with Crippen molar-refractivity contribution in [2.75, 3.05) is 39.4 Å². The van der Waals surface area contributed by atoms with Gasteiger partial charge in [-0.3, -0.25) is 14.5 Å². The zero-order valence-corrected chi connectivity index (χ0v) is 13.0. The average molecular weight is 322 g/mol. The lowest BCUT2D eigenvalue weighted by atomic mass is 10.0. The molecular formula is C15H22N4O4. The minimum absolute atomic E-state index is 0.217. The van der Waals surface area contributed by atoms with Crippen molar-refractivity contribution in [3.8, 4) is 0 Å². The Labute approximate surface area is 134 Å². The summed E-state index contributed by atoms with van der Waals surface area (Å²) in [6.45, 7) is 3.32.